The van der Waals surface area contributed by atoms with Crippen molar-refractivity contribution in [3.8, 4) is 0 Å². The summed E-state index contributed by atoms with van der Waals surface area (Å²) in [5, 5.41) is 0. The molecule has 0 bridgehead atoms. The lowest BCUT2D eigenvalue weighted by molar-refractivity contribution is 0.353. The highest BCUT2D eigenvalue weighted by Crippen LogP contribution is 2.20. The van der Waals surface area contributed by atoms with Gasteiger partial charge in [0.2, 0.25) is 0 Å². The molecule has 0 heterocycles. The van der Waals surface area contributed by atoms with Crippen molar-refractivity contribution in [1.29, 1.82) is 0 Å². The molecule has 0 rings (SSSR count). The van der Waals surface area contributed by atoms with E-state index < -0.39 is 19.2 Å². The molecule has 8 heavy (non-hydrogen) atoms. The summed E-state index contributed by atoms with van der Waals surface area (Å²) >= 11 is 0. The lowest BCUT2D eigenvalue weighted by Crippen LogP contribution is -1.76. The Hall–Kier alpha value is 0.100. The molecule has 0 aromatic heterocycles. The zero-order valence-electron chi connectivity index (χ0n) is 3.99. The van der Waals surface area contributed by atoms with Gasteiger partial charge in [-0.1, -0.05) is 0 Å². The van der Waals surface area contributed by atoms with Crippen molar-refractivity contribution in [3.63, 3.8) is 0 Å². The third-order valence-corrected chi connectivity index (χ3v) is 1.84. The van der Waals surface area contributed by atoms with E-state index in [2.05, 4.69) is 8.49 Å². The third-order valence-electron chi connectivity index (χ3n) is 0.316. The predicted octanol–water partition coefficient (Wildman–Crippen LogP) is -0.435. The highest BCUT2D eigenvalue weighted by atomic mass is 32.2. The van der Waals surface area contributed by atoms with Crippen LogP contribution in [0.1, 0.15) is 0 Å². The van der Waals surface area contributed by atoms with E-state index in [9.17, 15) is 13.0 Å². The largest absolute Gasteiger partial charge is 0.333 e. The predicted molar refractivity (Wildman–Crippen MR) is 27.4 cm³/mol. The van der Waals surface area contributed by atoms with Gasteiger partial charge in [0, 0.05) is 7.11 Å². The molecule has 5 nitrogen and oxygen atoms in total. The summed E-state index contributed by atoms with van der Waals surface area (Å²) in [4.78, 5) is 0. The first-order valence-corrected chi connectivity index (χ1v) is 3.89. The molecular weight excluding hydrogens is 155 g/mol. The Labute approximate surface area is 48.7 Å². The highest BCUT2D eigenvalue weighted by molar-refractivity contribution is 7.72. The van der Waals surface area contributed by atoms with Crippen LogP contribution in [0.2, 0.25) is 0 Å². The van der Waals surface area contributed by atoms with Crippen molar-refractivity contribution >= 4 is 19.2 Å². The normalized spacial score (nSPS) is 14.2. The Balaban J connectivity index is 3.56. The minimum absolute atomic E-state index is 1.10. The molecule has 0 saturated carbocycles. The van der Waals surface area contributed by atoms with Crippen LogP contribution in [-0.4, -0.2) is 15.5 Å². The summed E-state index contributed by atoms with van der Waals surface area (Å²) in [7, 11) is -4.72. The van der Waals surface area contributed by atoms with Gasteiger partial charge in [0.15, 0.2) is 0 Å². The van der Waals surface area contributed by atoms with E-state index in [0.29, 0.717) is 0 Å². The van der Waals surface area contributed by atoms with Gasteiger partial charge >= 0.3 is 8.25 Å². The van der Waals surface area contributed by atoms with E-state index in [1.807, 2.05) is 0 Å². The fourth-order valence-electron chi connectivity index (χ4n) is 0.0981. The minimum atomic E-state index is -3.04. The van der Waals surface area contributed by atoms with E-state index in [1.54, 1.807) is 0 Å². The Kier molecular flexibility index (Phi) is 4.08. The van der Waals surface area contributed by atoms with Crippen molar-refractivity contribution in [2.75, 3.05) is 7.11 Å². The smallest absolute Gasteiger partial charge is 0.313 e. The monoisotopic (exact) mass is 160 g/mol. The van der Waals surface area contributed by atoms with Crippen molar-refractivity contribution in [2.24, 2.45) is 0 Å². The molecule has 0 amide bonds. The fourth-order valence-corrected chi connectivity index (χ4v) is 0.883. The van der Waals surface area contributed by atoms with Gasteiger partial charge in [-0.15, -0.1) is 0 Å². The molecule has 0 aliphatic rings. The van der Waals surface area contributed by atoms with E-state index in [-0.39, 0.29) is 0 Å². The van der Waals surface area contributed by atoms with Crippen LogP contribution < -0.4 is 0 Å². The van der Waals surface area contributed by atoms with Gasteiger partial charge in [-0.05, 0) is 0 Å². The minimum Gasteiger partial charge on any atom is -0.313 e. The van der Waals surface area contributed by atoms with Gasteiger partial charge in [0.25, 0.3) is 11.0 Å². The highest BCUT2D eigenvalue weighted by Gasteiger charge is 1.93. The summed E-state index contributed by atoms with van der Waals surface area (Å²) in [5.74, 6) is 0. The third kappa shape index (κ3) is 4.26. The standard InChI is InChI=1S/CH5O5PS/c1-5-7(2)6-8(3)4/h7-8H,1H3. The van der Waals surface area contributed by atoms with Gasteiger partial charge in [0.1, 0.15) is 0 Å². The Bertz CT molecular complexity index is 141. The zero-order valence-corrected chi connectivity index (χ0v) is 5.88. The molecule has 0 N–H and O–H groups in total. The number of hydrogen-bond acceptors (Lipinski definition) is 5. The second kappa shape index (κ2) is 4.03. The van der Waals surface area contributed by atoms with Crippen LogP contribution in [0.4, 0.5) is 0 Å². The lowest BCUT2D eigenvalue weighted by Gasteiger charge is -1.88. The van der Waals surface area contributed by atoms with Crippen LogP contribution in [0.15, 0.2) is 0 Å². The fraction of sp³-hybridized carbons (Fsp3) is 1.00. The van der Waals surface area contributed by atoms with Crippen molar-refractivity contribution in [3.05, 3.63) is 0 Å². The molecule has 0 aromatic rings. The van der Waals surface area contributed by atoms with E-state index >= 15 is 0 Å². The molecule has 0 saturated heterocycles. The average Bonchev–Trinajstić information content (AvgIpc) is 1.65. The maximum absolute atomic E-state index is 9.98. The van der Waals surface area contributed by atoms with Crippen molar-refractivity contribution in [1.82, 2.24) is 0 Å². The number of rotatable bonds is 3. The zero-order chi connectivity index (χ0) is 6.57. The summed E-state index contributed by atoms with van der Waals surface area (Å²) in [6.45, 7) is 0. The van der Waals surface area contributed by atoms with Crippen LogP contribution in [0.5, 0.6) is 0 Å². The molecule has 50 valence electrons. The topological polar surface area (TPSA) is 69.7 Å². The Morgan fingerprint density at radius 2 is 2.00 bits per heavy atom. The summed E-state index contributed by atoms with van der Waals surface area (Å²) < 4.78 is 36.7. The Morgan fingerprint density at radius 1 is 1.50 bits per heavy atom. The summed E-state index contributed by atoms with van der Waals surface area (Å²) in [6.07, 6.45) is 0. The van der Waals surface area contributed by atoms with E-state index in [4.69, 9.17) is 0 Å². The van der Waals surface area contributed by atoms with Crippen LogP contribution in [-0.2, 0) is 24.0 Å². The van der Waals surface area contributed by atoms with Crippen LogP contribution in [0.25, 0.3) is 0 Å². The average molecular weight is 160 g/mol. The van der Waals surface area contributed by atoms with Gasteiger partial charge in [-0.3, -0.25) is 4.57 Å². The second-order valence-corrected chi connectivity index (χ2v) is 2.85. The van der Waals surface area contributed by atoms with Gasteiger partial charge in [-0.25, -0.2) is 8.42 Å². The molecule has 0 radical (unpaired) electrons. The van der Waals surface area contributed by atoms with Gasteiger partial charge < -0.3 is 4.52 Å². The van der Waals surface area contributed by atoms with Crippen molar-refractivity contribution in [2.45, 2.75) is 0 Å². The molecule has 0 aliphatic heterocycles. The maximum Gasteiger partial charge on any atom is 0.333 e. The molecular formula is CH5O5PS. The summed E-state index contributed by atoms with van der Waals surface area (Å²) in [6, 6.07) is 0. The summed E-state index contributed by atoms with van der Waals surface area (Å²) in [5.41, 5.74) is 0. The maximum atomic E-state index is 9.98. The lowest BCUT2D eigenvalue weighted by atomic mass is 11.8. The first-order chi connectivity index (χ1) is 3.66. The number of thiol groups is 1. The molecule has 7 heteroatoms. The SMILES string of the molecule is CO[PH](=O)O[SH](=O)=O. The molecule has 1 atom stereocenters. The van der Waals surface area contributed by atoms with E-state index in [0.717, 1.165) is 7.11 Å². The molecule has 0 aromatic carbocycles. The first-order valence-electron chi connectivity index (χ1n) is 1.57. The van der Waals surface area contributed by atoms with Crippen LogP contribution in [0, 0.1) is 0 Å². The molecule has 0 spiro atoms. The quantitative estimate of drug-likeness (QED) is 0.448. The van der Waals surface area contributed by atoms with E-state index in [1.165, 1.54) is 0 Å². The molecule has 1 unspecified atom stereocenters. The van der Waals surface area contributed by atoms with Crippen LogP contribution in [0.3, 0.4) is 0 Å². The van der Waals surface area contributed by atoms with Crippen LogP contribution >= 0.6 is 8.25 Å². The van der Waals surface area contributed by atoms with Gasteiger partial charge in [0.05, 0.1) is 0 Å². The molecule has 0 fully saturated rings. The van der Waals surface area contributed by atoms with Crippen molar-refractivity contribution < 1.29 is 21.5 Å². The Morgan fingerprint density at radius 3 is 2.12 bits per heavy atom. The molecule has 0 aliphatic carbocycles. The first kappa shape index (κ1) is 8.10. The second-order valence-electron chi connectivity index (χ2n) is 0.769. The number of hydrogen-bond donors (Lipinski definition) is 1. The van der Waals surface area contributed by atoms with Gasteiger partial charge in [-0.2, -0.15) is 3.97 Å².